The van der Waals surface area contributed by atoms with E-state index in [1.165, 1.54) is 11.3 Å². The number of aromatic nitrogens is 2. The van der Waals surface area contributed by atoms with E-state index in [1.54, 1.807) is 29.1 Å². The minimum absolute atomic E-state index is 0.513. The molecule has 0 unspecified atom stereocenters. The summed E-state index contributed by atoms with van der Waals surface area (Å²) in [6.07, 6.45) is 2.47. The molecule has 3 nitrogen and oxygen atoms in total. The van der Waals surface area contributed by atoms with Crippen molar-refractivity contribution in [2.45, 2.75) is 0 Å². The molecular weight excluding hydrogens is 315 g/mol. The monoisotopic (exact) mass is 322 g/mol. The Morgan fingerprint density at radius 1 is 1.25 bits per heavy atom. The third kappa shape index (κ3) is 2.50. The van der Waals surface area contributed by atoms with Crippen LogP contribution in [0.5, 0.6) is 0 Å². The molecule has 2 heterocycles. The van der Waals surface area contributed by atoms with Gasteiger partial charge in [0.1, 0.15) is 5.69 Å². The fourth-order valence-corrected chi connectivity index (χ4v) is 2.93. The summed E-state index contributed by atoms with van der Waals surface area (Å²) in [4.78, 5) is 11.2. The number of carbonyl (C=O) groups is 1. The van der Waals surface area contributed by atoms with Gasteiger partial charge in [0.05, 0.1) is 15.6 Å². The lowest BCUT2D eigenvalue weighted by atomic mass is 10.2. The van der Waals surface area contributed by atoms with Crippen molar-refractivity contribution in [3.63, 3.8) is 0 Å². The molecule has 0 saturated heterocycles. The predicted octanol–water partition coefficient (Wildman–Crippen LogP) is 4.72. The Morgan fingerprint density at radius 3 is 2.75 bits per heavy atom. The van der Waals surface area contributed by atoms with Gasteiger partial charge in [0, 0.05) is 22.2 Å². The van der Waals surface area contributed by atoms with E-state index in [0.29, 0.717) is 20.6 Å². The number of rotatable bonds is 3. The molecule has 0 amide bonds. The second kappa shape index (κ2) is 5.40. The molecule has 3 aromatic rings. The molecule has 1 aromatic carbocycles. The lowest BCUT2D eigenvalue weighted by molar-refractivity contribution is 0.112. The molecule has 0 bridgehead atoms. The van der Waals surface area contributed by atoms with E-state index < -0.39 is 0 Å². The number of carbonyl (C=O) groups excluding carboxylic acids is 1. The second-order valence-corrected chi connectivity index (χ2v) is 6.09. The Labute approximate surface area is 129 Å². The van der Waals surface area contributed by atoms with E-state index in [-0.39, 0.29) is 0 Å². The van der Waals surface area contributed by atoms with Crippen LogP contribution in [-0.2, 0) is 0 Å². The Hall–Kier alpha value is -1.62. The highest BCUT2D eigenvalue weighted by molar-refractivity contribution is 7.14. The van der Waals surface area contributed by atoms with E-state index in [1.807, 2.05) is 17.5 Å². The first-order chi connectivity index (χ1) is 9.67. The zero-order chi connectivity index (χ0) is 14.1. The molecule has 0 atom stereocenters. The standard InChI is InChI=1S/C14H8Cl2N2OS/c15-11-2-1-3-12(5-11)18-6-10(7-19)14(17-18)9-4-13(16)20-8-9/h1-8H. The van der Waals surface area contributed by atoms with Crippen molar-refractivity contribution in [3.8, 4) is 16.9 Å². The van der Waals surface area contributed by atoms with Gasteiger partial charge in [-0.3, -0.25) is 4.79 Å². The van der Waals surface area contributed by atoms with Crippen LogP contribution in [0.4, 0.5) is 0 Å². The van der Waals surface area contributed by atoms with Crippen molar-refractivity contribution in [3.05, 3.63) is 56.8 Å². The third-order valence-electron chi connectivity index (χ3n) is 2.78. The van der Waals surface area contributed by atoms with Gasteiger partial charge < -0.3 is 0 Å². The van der Waals surface area contributed by atoms with Gasteiger partial charge >= 0.3 is 0 Å². The number of hydrogen-bond acceptors (Lipinski definition) is 3. The van der Waals surface area contributed by atoms with Gasteiger partial charge in [-0.25, -0.2) is 4.68 Å². The van der Waals surface area contributed by atoms with Crippen LogP contribution in [-0.4, -0.2) is 16.1 Å². The van der Waals surface area contributed by atoms with Crippen LogP contribution in [0.15, 0.2) is 41.9 Å². The molecule has 2 aromatic heterocycles. The van der Waals surface area contributed by atoms with Crippen LogP contribution >= 0.6 is 34.5 Å². The van der Waals surface area contributed by atoms with Gasteiger partial charge in [0.25, 0.3) is 0 Å². The summed E-state index contributed by atoms with van der Waals surface area (Å²) in [6.45, 7) is 0. The van der Waals surface area contributed by atoms with E-state index in [4.69, 9.17) is 23.2 Å². The summed E-state index contributed by atoms with van der Waals surface area (Å²) in [5, 5.41) is 6.94. The van der Waals surface area contributed by atoms with E-state index in [9.17, 15) is 4.79 Å². The van der Waals surface area contributed by atoms with Crippen LogP contribution in [0.3, 0.4) is 0 Å². The highest BCUT2D eigenvalue weighted by Gasteiger charge is 2.13. The van der Waals surface area contributed by atoms with Gasteiger partial charge in [-0.05, 0) is 24.3 Å². The van der Waals surface area contributed by atoms with Gasteiger partial charge in [-0.15, -0.1) is 11.3 Å². The topological polar surface area (TPSA) is 34.9 Å². The maximum Gasteiger partial charge on any atom is 0.153 e. The number of hydrogen-bond donors (Lipinski definition) is 0. The molecule has 0 saturated carbocycles. The third-order valence-corrected chi connectivity index (χ3v) is 4.11. The summed E-state index contributed by atoms with van der Waals surface area (Å²) < 4.78 is 2.30. The maximum atomic E-state index is 11.2. The molecule has 100 valence electrons. The Kier molecular flexibility index (Phi) is 3.61. The number of nitrogens with zero attached hydrogens (tertiary/aromatic N) is 2. The lowest BCUT2D eigenvalue weighted by Crippen LogP contribution is -1.94. The lowest BCUT2D eigenvalue weighted by Gasteiger charge is -2.00. The molecule has 20 heavy (non-hydrogen) atoms. The first-order valence-electron chi connectivity index (χ1n) is 5.72. The summed E-state index contributed by atoms with van der Waals surface area (Å²) >= 11 is 13.3. The summed E-state index contributed by atoms with van der Waals surface area (Å²) in [6, 6.07) is 9.07. The minimum Gasteiger partial charge on any atom is -0.298 e. The van der Waals surface area contributed by atoms with Crippen LogP contribution in [0.2, 0.25) is 9.36 Å². The smallest absolute Gasteiger partial charge is 0.153 e. The van der Waals surface area contributed by atoms with Crippen LogP contribution in [0.25, 0.3) is 16.9 Å². The second-order valence-electron chi connectivity index (χ2n) is 4.11. The predicted molar refractivity (Wildman–Crippen MR) is 82.3 cm³/mol. The van der Waals surface area contributed by atoms with E-state index in [0.717, 1.165) is 17.5 Å². The fraction of sp³-hybridized carbons (Fsp3) is 0. The molecule has 0 aliphatic heterocycles. The van der Waals surface area contributed by atoms with Crippen molar-refractivity contribution < 1.29 is 4.79 Å². The van der Waals surface area contributed by atoms with Crippen LogP contribution in [0, 0.1) is 0 Å². The number of aldehydes is 1. The average Bonchev–Trinajstić information content (AvgIpc) is 3.04. The van der Waals surface area contributed by atoms with Crippen LogP contribution < -0.4 is 0 Å². The van der Waals surface area contributed by atoms with Crippen molar-refractivity contribution in [2.24, 2.45) is 0 Å². The number of thiophene rings is 1. The SMILES string of the molecule is O=Cc1cn(-c2cccc(Cl)c2)nc1-c1csc(Cl)c1. The van der Waals surface area contributed by atoms with Crippen LogP contribution in [0.1, 0.15) is 10.4 Å². The van der Waals surface area contributed by atoms with Crippen molar-refractivity contribution in [1.82, 2.24) is 9.78 Å². The van der Waals surface area contributed by atoms with E-state index in [2.05, 4.69) is 5.10 Å². The molecule has 0 N–H and O–H groups in total. The molecule has 0 fully saturated rings. The Balaban J connectivity index is 2.11. The highest BCUT2D eigenvalue weighted by atomic mass is 35.5. The Bertz CT molecular complexity index is 779. The molecule has 0 aliphatic carbocycles. The minimum atomic E-state index is 0.513. The van der Waals surface area contributed by atoms with Crippen molar-refractivity contribution in [1.29, 1.82) is 0 Å². The molecule has 0 radical (unpaired) electrons. The molecule has 3 rings (SSSR count). The summed E-state index contributed by atoms with van der Waals surface area (Å²) in [5.41, 5.74) is 2.76. The van der Waals surface area contributed by atoms with Crippen molar-refractivity contribution in [2.75, 3.05) is 0 Å². The van der Waals surface area contributed by atoms with Gasteiger partial charge in [0.15, 0.2) is 6.29 Å². The Morgan fingerprint density at radius 2 is 2.10 bits per heavy atom. The maximum absolute atomic E-state index is 11.2. The van der Waals surface area contributed by atoms with Crippen molar-refractivity contribution >= 4 is 40.8 Å². The quantitative estimate of drug-likeness (QED) is 0.654. The molecule has 0 aliphatic rings. The normalized spacial score (nSPS) is 10.7. The van der Waals surface area contributed by atoms with E-state index >= 15 is 0 Å². The molecular formula is C14H8Cl2N2OS. The average molecular weight is 323 g/mol. The molecule has 6 heteroatoms. The summed E-state index contributed by atoms with van der Waals surface area (Å²) in [7, 11) is 0. The fourth-order valence-electron chi connectivity index (χ4n) is 1.88. The zero-order valence-electron chi connectivity index (χ0n) is 10.1. The van der Waals surface area contributed by atoms with Gasteiger partial charge in [0.2, 0.25) is 0 Å². The van der Waals surface area contributed by atoms with Gasteiger partial charge in [-0.2, -0.15) is 5.10 Å². The first kappa shape index (κ1) is 13.4. The van der Waals surface area contributed by atoms with Gasteiger partial charge in [-0.1, -0.05) is 29.3 Å². The largest absolute Gasteiger partial charge is 0.298 e. The number of benzene rings is 1. The first-order valence-corrected chi connectivity index (χ1v) is 7.36. The molecule has 0 spiro atoms. The summed E-state index contributed by atoms with van der Waals surface area (Å²) in [5.74, 6) is 0. The highest BCUT2D eigenvalue weighted by Crippen LogP contribution is 2.30. The number of halogens is 2. The zero-order valence-corrected chi connectivity index (χ0v) is 12.4.